The first-order valence-corrected chi connectivity index (χ1v) is 7.98. The summed E-state index contributed by atoms with van der Waals surface area (Å²) in [5.74, 6) is 2.92. The van der Waals surface area contributed by atoms with E-state index in [1.165, 1.54) is 17.7 Å². The molecule has 1 N–H and O–H groups in total. The molecule has 4 heteroatoms. The quantitative estimate of drug-likeness (QED) is 0.640. The number of hydrogen-bond acceptors (Lipinski definition) is 4. The molecule has 1 aromatic carbocycles. The lowest BCUT2D eigenvalue weighted by Crippen LogP contribution is -2.20. The SMILES string of the molecule is CNC(C)CCCSc1ccc2c(c1)OCCCO2. The number of hydrogen-bond donors (Lipinski definition) is 1. The summed E-state index contributed by atoms with van der Waals surface area (Å²) < 4.78 is 11.3. The van der Waals surface area contributed by atoms with E-state index in [-0.39, 0.29) is 0 Å². The third kappa shape index (κ3) is 4.62. The maximum absolute atomic E-state index is 5.70. The topological polar surface area (TPSA) is 30.5 Å². The summed E-state index contributed by atoms with van der Waals surface area (Å²) >= 11 is 1.89. The minimum atomic E-state index is 0.601. The van der Waals surface area contributed by atoms with Crippen molar-refractivity contribution in [3.63, 3.8) is 0 Å². The van der Waals surface area contributed by atoms with Crippen LogP contribution in [0.3, 0.4) is 0 Å². The number of rotatable bonds is 6. The molecule has 19 heavy (non-hydrogen) atoms. The van der Waals surface area contributed by atoms with Crippen LogP contribution in [0, 0.1) is 0 Å². The van der Waals surface area contributed by atoms with E-state index < -0.39 is 0 Å². The fourth-order valence-corrected chi connectivity index (χ4v) is 2.86. The van der Waals surface area contributed by atoms with Crippen LogP contribution < -0.4 is 14.8 Å². The molecule has 2 rings (SSSR count). The highest BCUT2D eigenvalue weighted by atomic mass is 32.2. The maximum atomic E-state index is 5.70. The van der Waals surface area contributed by atoms with Crippen LogP contribution in [0.25, 0.3) is 0 Å². The van der Waals surface area contributed by atoms with E-state index in [0.29, 0.717) is 6.04 Å². The van der Waals surface area contributed by atoms with Gasteiger partial charge in [0.15, 0.2) is 11.5 Å². The molecule has 0 fully saturated rings. The minimum absolute atomic E-state index is 0.601. The van der Waals surface area contributed by atoms with Gasteiger partial charge in [-0.1, -0.05) is 0 Å². The van der Waals surface area contributed by atoms with Crippen LogP contribution in [0.4, 0.5) is 0 Å². The van der Waals surface area contributed by atoms with Crippen molar-refractivity contribution < 1.29 is 9.47 Å². The molecule has 106 valence electrons. The summed E-state index contributed by atoms with van der Waals surface area (Å²) in [6, 6.07) is 6.86. The Morgan fingerprint density at radius 2 is 2.05 bits per heavy atom. The van der Waals surface area contributed by atoms with E-state index in [4.69, 9.17) is 9.47 Å². The summed E-state index contributed by atoms with van der Waals surface area (Å²) in [7, 11) is 2.02. The summed E-state index contributed by atoms with van der Waals surface area (Å²) in [6.45, 7) is 3.72. The predicted molar refractivity (Wildman–Crippen MR) is 80.5 cm³/mol. The van der Waals surface area contributed by atoms with Crippen molar-refractivity contribution in [3.8, 4) is 11.5 Å². The molecular weight excluding hydrogens is 258 g/mol. The zero-order valence-corrected chi connectivity index (χ0v) is 12.6. The van der Waals surface area contributed by atoms with Crippen molar-refractivity contribution in [2.45, 2.75) is 37.1 Å². The molecule has 0 saturated carbocycles. The van der Waals surface area contributed by atoms with E-state index in [1.54, 1.807) is 0 Å². The normalized spacial score (nSPS) is 15.9. The van der Waals surface area contributed by atoms with Crippen LogP contribution in [0.2, 0.25) is 0 Å². The molecule has 0 aliphatic carbocycles. The molecule has 1 atom stereocenters. The molecule has 1 aliphatic heterocycles. The van der Waals surface area contributed by atoms with Gasteiger partial charge in [0.05, 0.1) is 13.2 Å². The number of fused-ring (bicyclic) bond motifs is 1. The van der Waals surface area contributed by atoms with Crippen molar-refractivity contribution in [2.24, 2.45) is 0 Å². The molecule has 0 spiro atoms. The van der Waals surface area contributed by atoms with Gasteiger partial charge in [0.2, 0.25) is 0 Å². The first-order valence-electron chi connectivity index (χ1n) is 6.99. The minimum Gasteiger partial charge on any atom is -0.490 e. The Bertz CT molecular complexity index is 398. The van der Waals surface area contributed by atoms with Gasteiger partial charge in [-0.3, -0.25) is 0 Å². The van der Waals surface area contributed by atoms with Gasteiger partial charge < -0.3 is 14.8 Å². The highest BCUT2D eigenvalue weighted by Crippen LogP contribution is 2.34. The maximum Gasteiger partial charge on any atom is 0.162 e. The van der Waals surface area contributed by atoms with Crippen molar-refractivity contribution in [1.82, 2.24) is 5.32 Å². The van der Waals surface area contributed by atoms with Crippen LogP contribution in [-0.4, -0.2) is 32.1 Å². The van der Waals surface area contributed by atoms with E-state index in [9.17, 15) is 0 Å². The van der Waals surface area contributed by atoms with Crippen molar-refractivity contribution >= 4 is 11.8 Å². The Hall–Kier alpha value is -0.870. The first-order chi connectivity index (χ1) is 9.29. The second-order valence-corrected chi connectivity index (χ2v) is 6.01. The van der Waals surface area contributed by atoms with Gasteiger partial charge in [0, 0.05) is 17.4 Å². The molecule has 3 nitrogen and oxygen atoms in total. The Morgan fingerprint density at radius 3 is 2.84 bits per heavy atom. The van der Waals surface area contributed by atoms with Gasteiger partial charge in [-0.05, 0) is 50.8 Å². The van der Waals surface area contributed by atoms with Gasteiger partial charge >= 0.3 is 0 Å². The Morgan fingerprint density at radius 1 is 1.26 bits per heavy atom. The zero-order valence-electron chi connectivity index (χ0n) is 11.8. The van der Waals surface area contributed by atoms with Crippen molar-refractivity contribution in [3.05, 3.63) is 18.2 Å². The van der Waals surface area contributed by atoms with E-state index >= 15 is 0 Å². The molecule has 1 unspecified atom stereocenters. The smallest absolute Gasteiger partial charge is 0.162 e. The largest absolute Gasteiger partial charge is 0.490 e. The Balaban J connectivity index is 1.82. The predicted octanol–water partition coefficient (Wildman–Crippen LogP) is 3.33. The van der Waals surface area contributed by atoms with Crippen LogP contribution in [0.15, 0.2) is 23.1 Å². The standard InChI is InChI=1S/C15H23NO2S/c1-12(16-2)5-3-10-19-13-6-7-14-15(11-13)18-9-4-8-17-14/h6-7,11-12,16H,3-5,8-10H2,1-2H3. The van der Waals surface area contributed by atoms with Crippen molar-refractivity contribution in [1.29, 1.82) is 0 Å². The average Bonchev–Trinajstić information content (AvgIpc) is 2.68. The van der Waals surface area contributed by atoms with Crippen LogP contribution >= 0.6 is 11.8 Å². The molecule has 1 aliphatic rings. The molecule has 1 heterocycles. The number of ether oxygens (including phenoxy) is 2. The lowest BCUT2D eigenvalue weighted by Gasteiger charge is -2.10. The third-order valence-electron chi connectivity index (χ3n) is 3.26. The van der Waals surface area contributed by atoms with E-state index in [1.807, 2.05) is 24.9 Å². The van der Waals surface area contributed by atoms with Gasteiger partial charge in [0.1, 0.15) is 0 Å². The average molecular weight is 281 g/mol. The van der Waals surface area contributed by atoms with E-state index in [0.717, 1.165) is 36.9 Å². The molecule has 1 aromatic rings. The highest BCUT2D eigenvalue weighted by Gasteiger charge is 2.10. The van der Waals surface area contributed by atoms with Gasteiger partial charge in [-0.15, -0.1) is 11.8 Å². The van der Waals surface area contributed by atoms with Crippen LogP contribution in [-0.2, 0) is 0 Å². The van der Waals surface area contributed by atoms with Crippen molar-refractivity contribution in [2.75, 3.05) is 26.0 Å². The molecular formula is C15H23NO2S. The molecule has 0 radical (unpaired) electrons. The van der Waals surface area contributed by atoms with E-state index in [2.05, 4.69) is 24.4 Å². The van der Waals surface area contributed by atoms with Gasteiger partial charge in [-0.25, -0.2) is 0 Å². The lowest BCUT2D eigenvalue weighted by atomic mass is 10.2. The summed E-state index contributed by atoms with van der Waals surface area (Å²) in [5, 5.41) is 3.27. The first kappa shape index (κ1) is 14.5. The lowest BCUT2D eigenvalue weighted by molar-refractivity contribution is 0.297. The Labute approximate surface area is 120 Å². The van der Waals surface area contributed by atoms with Gasteiger partial charge in [-0.2, -0.15) is 0 Å². The number of nitrogens with one attached hydrogen (secondary N) is 1. The molecule has 0 amide bonds. The molecule has 0 saturated heterocycles. The molecule has 0 aromatic heterocycles. The summed E-state index contributed by atoms with van der Waals surface area (Å²) in [5.41, 5.74) is 0. The highest BCUT2D eigenvalue weighted by molar-refractivity contribution is 7.99. The fourth-order valence-electron chi connectivity index (χ4n) is 1.96. The summed E-state index contributed by atoms with van der Waals surface area (Å²) in [6.07, 6.45) is 3.40. The second kappa shape index (κ2) is 7.65. The number of benzene rings is 1. The van der Waals surface area contributed by atoms with Crippen LogP contribution in [0.5, 0.6) is 11.5 Å². The van der Waals surface area contributed by atoms with Crippen LogP contribution in [0.1, 0.15) is 26.2 Å². The Kier molecular flexibility index (Phi) is 5.86. The second-order valence-electron chi connectivity index (χ2n) is 4.84. The summed E-state index contributed by atoms with van der Waals surface area (Å²) in [4.78, 5) is 1.27. The van der Waals surface area contributed by atoms with Gasteiger partial charge in [0.25, 0.3) is 0 Å². The third-order valence-corrected chi connectivity index (χ3v) is 4.34. The monoisotopic (exact) mass is 281 g/mol. The number of thioether (sulfide) groups is 1. The fraction of sp³-hybridized carbons (Fsp3) is 0.600. The molecule has 0 bridgehead atoms. The zero-order chi connectivity index (χ0) is 13.5.